The summed E-state index contributed by atoms with van der Waals surface area (Å²) in [5, 5.41) is 11.7. The highest BCUT2D eigenvalue weighted by Gasteiger charge is 2.15. The van der Waals surface area contributed by atoms with Crippen molar-refractivity contribution in [2.45, 2.75) is 19.0 Å². The van der Waals surface area contributed by atoms with Crippen LogP contribution >= 0.6 is 11.8 Å². The summed E-state index contributed by atoms with van der Waals surface area (Å²) in [6, 6.07) is 16.9. The van der Waals surface area contributed by atoms with Crippen molar-refractivity contribution in [2.24, 2.45) is 0 Å². The van der Waals surface area contributed by atoms with Gasteiger partial charge in [-0.15, -0.1) is 10.2 Å². The number of aromatic nitrogens is 4. The molecular weight excluding hydrogens is 386 g/mol. The van der Waals surface area contributed by atoms with Crippen molar-refractivity contribution >= 4 is 29.1 Å². The number of aryl methyl sites for hydroxylation is 2. The van der Waals surface area contributed by atoms with Gasteiger partial charge in [-0.1, -0.05) is 59.8 Å². The minimum Gasteiger partial charge on any atom is -0.325 e. The standard InChI is InChI=1S/C21H19N5O2S/c1-13-8-9-16(14(2)10-13)22-19(28)12-29-21-25-24-20-23-18(27)11-17(26(20)21)15-6-4-3-5-7-15/h3-11H,12H2,1-2H3,(H,22,28)(H,23,24,27). The van der Waals surface area contributed by atoms with Gasteiger partial charge in [0, 0.05) is 11.8 Å². The summed E-state index contributed by atoms with van der Waals surface area (Å²) in [7, 11) is 0. The van der Waals surface area contributed by atoms with Crippen LogP contribution in [-0.2, 0) is 4.79 Å². The summed E-state index contributed by atoms with van der Waals surface area (Å²) in [6.45, 7) is 3.98. The van der Waals surface area contributed by atoms with Gasteiger partial charge in [0.25, 0.3) is 5.56 Å². The first-order valence-corrected chi connectivity index (χ1v) is 10.0. The van der Waals surface area contributed by atoms with Crippen molar-refractivity contribution in [1.82, 2.24) is 19.6 Å². The molecule has 0 radical (unpaired) electrons. The zero-order chi connectivity index (χ0) is 20.4. The first-order valence-electron chi connectivity index (χ1n) is 9.05. The third-order valence-electron chi connectivity index (χ3n) is 4.43. The van der Waals surface area contributed by atoms with E-state index in [1.54, 1.807) is 4.40 Å². The molecule has 0 aliphatic heterocycles. The van der Waals surface area contributed by atoms with E-state index in [2.05, 4.69) is 20.5 Å². The number of fused-ring (bicyclic) bond motifs is 1. The molecule has 0 aliphatic carbocycles. The maximum absolute atomic E-state index is 12.4. The second kappa shape index (κ2) is 7.92. The molecule has 29 heavy (non-hydrogen) atoms. The number of anilines is 1. The maximum Gasteiger partial charge on any atom is 0.252 e. The minimum absolute atomic E-state index is 0.135. The highest BCUT2D eigenvalue weighted by atomic mass is 32.2. The summed E-state index contributed by atoms with van der Waals surface area (Å²) in [5.74, 6) is 0.375. The van der Waals surface area contributed by atoms with E-state index < -0.39 is 0 Å². The molecule has 4 rings (SSSR count). The summed E-state index contributed by atoms with van der Waals surface area (Å²) in [4.78, 5) is 27.1. The van der Waals surface area contributed by atoms with Crippen LogP contribution in [0.1, 0.15) is 11.1 Å². The van der Waals surface area contributed by atoms with Crippen LogP contribution in [-0.4, -0.2) is 31.2 Å². The number of amides is 1. The Balaban J connectivity index is 1.58. The molecule has 0 unspecified atom stereocenters. The van der Waals surface area contributed by atoms with Gasteiger partial charge in [0.05, 0.1) is 11.4 Å². The number of thioether (sulfide) groups is 1. The van der Waals surface area contributed by atoms with Crippen molar-refractivity contribution in [1.29, 1.82) is 0 Å². The highest BCUT2D eigenvalue weighted by Crippen LogP contribution is 2.24. The second-order valence-corrected chi connectivity index (χ2v) is 7.62. The van der Waals surface area contributed by atoms with Crippen LogP contribution < -0.4 is 10.9 Å². The molecule has 0 fully saturated rings. The van der Waals surface area contributed by atoms with Crippen molar-refractivity contribution in [3.8, 4) is 11.3 Å². The maximum atomic E-state index is 12.4. The molecule has 2 aromatic carbocycles. The fraction of sp³-hybridized carbons (Fsp3) is 0.143. The minimum atomic E-state index is -0.257. The smallest absolute Gasteiger partial charge is 0.252 e. The Labute approximate surface area is 171 Å². The molecule has 4 aromatic rings. The first kappa shape index (κ1) is 18.9. The quantitative estimate of drug-likeness (QED) is 0.496. The van der Waals surface area contributed by atoms with Crippen molar-refractivity contribution in [3.05, 3.63) is 76.1 Å². The second-order valence-electron chi connectivity index (χ2n) is 6.68. The fourth-order valence-electron chi connectivity index (χ4n) is 3.09. The molecule has 0 saturated carbocycles. The van der Waals surface area contributed by atoms with E-state index >= 15 is 0 Å². The third-order valence-corrected chi connectivity index (χ3v) is 5.36. The Bertz CT molecular complexity index is 1250. The van der Waals surface area contributed by atoms with Gasteiger partial charge in [-0.25, -0.2) is 0 Å². The SMILES string of the molecule is Cc1ccc(NC(=O)CSc2nnc3[nH]c(=O)cc(-c4ccccc4)n23)c(C)c1. The van der Waals surface area contributed by atoms with Gasteiger partial charge in [-0.2, -0.15) is 0 Å². The molecule has 8 heteroatoms. The van der Waals surface area contributed by atoms with Gasteiger partial charge in [0.2, 0.25) is 11.7 Å². The average Bonchev–Trinajstić information content (AvgIpc) is 3.11. The Kier molecular flexibility index (Phi) is 5.18. The van der Waals surface area contributed by atoms with Crippen LogP contribution in [0.5, 0.6) is 0 Å². The van der Waals surface area contributed by atoms with E-state index in [1.807, 2.05) is 62.4 Å². The normalized spacial score (nSPS) is 11.0. The number of benzene rings is 2. The first-order chi connectivity index (χ1) is 14.0. The lowest BCUT2D eigenvalue weighted by atomic mass is 10.1. The molecule has 146 valence electrons. The number of nitrogens with zero attached hydrogens (tertiary/aromatic N) is 3. The fourth-order valence-corrected chi connectivity index (χ4v) is 3.83. The Morgan fingerprint density at radius 1 is 1.10 bits per heavy atom. The van der Waals surface area contributed by atoms with E-state index in [0.717, 1.165) is 22.4 Å². The molecule has 2 aromatic heterocycles. The Morgan fingerprint density at radius 3 is 2.66 bits per heavy atom. The van der Waals surface area contributed by atoms with Crippen LogP contribution in [0, 0.1) is 13.8 Å². The lowest BCUT2D eigenvalue weighted by Gasteiger charge is -2.09. The van der Waals surface area contributed by atoms with Gasteiger partial charge in [0.15, 0.2) is 5.16 Å². The molecule has 0 atom stereocenters. The molecule has 0 bridgehead atoms. The number of carbonyl (C=O) groups is 1. The predicted octanol–water partition coefficient (Wildman–Crippen LogP) is 3.43. The molecule has 2 heterocycles. The molecule has 0 aliphatic rings. The lowest BCUT2D eigenvalue weighted by molar-refractivity contribution is -0.113. The summed E-state index contributed by atoms with van der Waals surface area (Å²) in [5.41, 5.74) is 4.23. The van der Waals surface area contributed by atoms with Crippen molar-refractivity contribution in [2.75, 3.05) is 11.1 Å². The number of hydrogen-bond acceptors (Lipinski definition) is 5. The molecular formula is C21H19N5O2S. The molecule has 0 saturated heterocycles. The average molecular weight is 405 g/mol. The Hall–Kier alpha value is -3.39. The molecule has 0 spiro atoms. The monoisotopic (exact) mass is 405 g/mol. The van der Waals surface area contributed by atoms with Gasteiger partial charge in [-0.05, 0) is 31.0 Å². The zero-order valence-electron chi connectivity index (χ0n) is 16.0. The van der Waals surface area contributed by atoms with Crippen LogP contribution in [0.2, 0.25) is 0 Å². The number of carbonyl (C=O) groups excluding carboxylic acids is 1. The topological polar surface area (TPSA) is 92.2 Å². The highest BCUT2D eigenvalue weighted by molar-refractivity contribution is 7.99. The van der Waals surface area contributed by atoms with E-state index in [1.165, 1.54) is 17.8 Å². The van der Waals surface area contributed by atoms with Gasteiger partial charge in [0.1, 0.15) is 0 Å². The third kappa shape index (κ3) is 4.07. The number of H-pyrrole nitrogens is 1. The van der Waals surface area contributed by atoms with Gasteiger partial charge < -0.3 is 5.32 Å². The summed E-state index contributed by atoms with van der Waals surface area (Å²) in [6.07, 6.45) is 0. The number of rotatable bonds is 5. The molecule has 2 N–H and O–H groups in total. The molecule has 1 amide bonds. The Morgan fingerprint density at radius 2 is 1.90 bits per heavy atom. The van der Waals surface area contributed by atoms with Crippen LogP contribution in [0.15, 0.2) is 64.5 Å². The van der Waals surface area contributed by atoms with E-state index in [4.69, 9.17) is 0 Å². The number of hydrogen-bond donors (Lipinski definition) is 2. The predicted molar refractivity (Wildman–Crippen MR) is 114 cm³/mol. The van der Waals surface area contributed by atoms with Crippen molar-refractivity contribution in [3.63, 3.8) is 0 Å². The number of nitrogens with one attached hydrogen (secondary N) is 2. The zero-order valence-corrected chi connectivity index (χ0v) is 16.8. The van der Waals surface area contributed by atoms with Gasteiger partial charge >= 0.3 is 0 Å². The number of aromatic amines is 1. The molecule has 7 nitrogen and oxygen atoms in total. The van der Waals surface area contributed by atoms with Crippen molar-refractivity contribution < 1.29 is 4.79 Å². The van der Waals surface area contributed by atoms with Crippen LogP contribution in [0.3, 0.4) is 0 Å². The van der Waals surface area contributed by atoms with Gasteiger partial charge in [-0.3, -0.25) is 19.0 Å². The van der Waals surface area contributed by atoms with E-state index in [-0.39, 0.29) is 17.2 Å². The lowest BCUT2D eigenvalue weighted by Crippen LogP contribution is -2.15. The van der Waals surface area contributed by atoms with E-state index in [0.29, 0.717) is 16.6 Å². The summed E-state index contributed by atoms with van der Waals surface area (Å²) < 4.78 is 1.76. The summed E-state index contributed by atoms with van der Waals surface area (Å²) >= 11 is 1.26. The van der Waals surface area contributed by atoms with E-state index in [9.17, 15) is 9.59 Å². The van der Waals surface area contributed by atoms with Crippen LogP contribution in [0.25, 0.3) is 17.0 Å². The largest absolute Gasteiger partial charge is 0.325 e. The van der Waals surface area contributed by atoms with Crippen LogP contribution in [0.4, 0.5) is 5.69 Å².